The molecular weight excluding hydrogens is 541 g/mol. The zero-order valence-corrected chi connectivity index (χ0v) is 23.5. The predicted octanol–water partition coefficient (Wildman–Crippen LogP) is 7.91. The average Bonchev–Trinajstić information content (AvgIpc) is 3.14. The van der Waals surface area contributed by atoms with Crippen molar-refractivity contribution in [2.75, 3.05) is 0 Å². The molecule has 0 bridgehead atoms. The van der Waals surface area contributed by atoms with Gasteiger partial charge in [-0.15, -0.1) is 0 Å². The van der Waals surface area contributed by atoms with Crippen LogP contribution in [-0.4, -0.2) is 51.1 Å². The third kappa shape index (κ3) is 6.97. The monoisotopic (exact) mass is 584 g/mol. The zero-order valence-electron chi connectivity index (χ0n) is 23.5. The Kier molecular flexibility index (Phi) is 9.69. The van der Waals surface area contributed by atoms with Gasteiger partial charge in [0.1, 0.15) is 6.17 Å². The van der Waals surface area contributed by atoms with Crippen LogP contribution in [0.1, 0.15) is 91.4 Å². The van der Waals surface area contributed by atoms with Gasteiger partial charge in [-0.2, -0.15) is 26.3 Å². The number of alkyl halides is 7. The van der Waals surface area contributed by atoms with E-state index in [0.717, 1.165) is 5.57 Å². The predicted molar refractivity (Wildman–Crippen MR) is 139 cm³/mol. The number of halogens is 7. The average molecular weight is 585 g/mol. The molecule has 0 aromatic heterocycles. The molecule has 0 radical (unpaired) electrons. The van der Waals surface area contributed by atoms with E-state index in [1.54, 1.807) is 6.08 Å². The molecule has 0 aliphatic heterocycles. The number of rotatable bonds is 8. The first-order chi connectivity index (χ1) is 18.2. The molecule has 3 fully saturated rings. The van der Waals surface area contributed by atoms with Crippen LogP contribution in [0, 0.1) is 23.2 Å². The van der Waals surface area contributed by atoms with Crippen molar-refractivity contribution in [3.63, 3.8) is 0 Å². The van der Waals surface area contributed by atoms with E-state index in [-0.39, 0.29) is 38.0 Å². The van der Waals surface area contributed by atoms with E-state index >= 15 is 0 Å². The van der Waals surface area contributed by atoms with Crippen LogP contribution in [0.2, 0.25) is 0 Å². The summed E-state index contributed by atoms with van der Waals surface area (Å²) >= 11 is 0. The molecule has 3 aliphatic rings. The van der Waals surface area contributed by atoms with E-state index in [1.807, 2.05) is 13.0 Å². The highest BCUT2D eigenvalue weighted by Gasteiger charge is 2.71. The fraction of sp³-hybridized carbons (Fsp3) is 0.800. The van der Waals surface area contributed by atoms with Crippen LogP contribution in [-0.2, 0) is 0 Å². The third-order valence-corrected chi connectivity index (χ3v) is 9.69. The first-order valence-electron chi connectivity index (χ1n) is 14.2. The molecule has 3 nitrogen and oxygen atoms in total. The molecule has 0 aromatic carbocycles. The Labute approximate surface area is 232 Å². The summed E-state index contributed by atoms with van der Waals surface area (Å²) in [5.41, 5.74) is -4.59. The third-order valence-electron chi connectivity index (χ3n) is 9.69. The molecule has 3 aliphatic carbocycles. The fourth-order valence-electron chi connectivity index (χ4n) is 7.50. The van der Waals surface area contributed by atoms with Crippen molar-refractivity contribution in [1.29, 1.82) is 0 Å². The Morgan fingerprint density at radius 2 is 1.68 bits per heavy atom. The minimum atomic E-state index is -5.89. The first-order valence-corrected chi connectivity index (χ1v) is 14.2. The molecule has 3 unspecified atom stereocenters. The molecule has 230 valence electrons. The van der Waals surface area contributed by atoms with E-state index < -0.39 is 59.5 Å². The molecule has 3 rings (SSSR count). The van der Waals surface area contributed by atoms with Crippen LogP contribution in [0.5, 0.6) is 0 Å². The molecule has 0 spiro atoms. The first kappa shape index (κ1) is 33.1. The van der Waals surface area contributed by atoms with Gasteiger partial charge in [0, 0.05) is 6.42 Å². The van der Waals surface area contributed by atoms with E-state index in [1.165, 1.54) is 13.8 Å². The normalized spacial score (nSPS) is 33.5. The Bertz CT molecular complexity index is 961. The summed E-state index contributed by atoms with van der Waals surface area (Å²) in [4.78, 5) is 0. The fourth-order valence-corrected chi connectivity index (χ4v) is 7.50. The van der Waals surface area contributed by atoms with Gasteiger partial charge in [-0.3, -0.25) is 0 Å². The van der Waals surface area contributed by atoms with Gasteiger partial charge in [0.25, 0.3) is 5.60 Å². The minimum Gasteiger partial charge on any atom is -0.393 e. The summed E-state index contributed by atoms with van der Waals surface area (Å²) in [6.45, 7) is 8.80. The Hall–Kier alpha value is -1.39. The largest absolute Gasteiger partial charge is 0.426 e. The van der Waals surface area contributed by atoms with Gasteiger partial charge in [0.2, 0.25) is 0 Å². The second-order valence-corrected chi connectivity index (χ2v) is 13.1. The molecule has 6 atom stereocenters. The maximum Gasteiger partial charge on any atom is 0.426 e. The molecular formula is C30H43F7O3. The van der Waals surface area contributed by atoms with E-state index in [2.05, 4.69) is 6.58 Å². The maximum absolute atomic E-state index is 14.2. The minimum absolute atomic E-state index is 0.00777. The molecule has 3 saturated carbocycles. The number of hydrogen-bond donors (Lipinski definition) is 3. The molecule has 0 saturated heterocycles. The van der Waals surface area contributed by atoms with Crippen molar-refractivity contribution in [3.8, 4) is 0 Å². The standard InChI is InChI=1S/C30H43F7O3/c1-18-20(15-22(38)16-25(18)31)10-9-19-7-6-14-27(4)23(19)11-12-24(27)21(8-5-13-26(2,3)39)17-28(40,29(32,33)34)30(35,36)37/h9-10,21-25,38-40H,1,5-8,11-17H2,2-4H3/b19-9+,20-10-/t21?,22?,23?,24-,25+,27+/m1/s1. The number of fused-ring (bicyclic) bond motifs is 1. The van der Waals surface area contributed by atoms with E-state index in [0.29, 0.717) is 43.3 Å². The Balaban J connectivity index is 1.93. The van der Waals surface area contributed by atoms with E-state index in [9.17, 15) is 46.1 Å². The number of aliphatic hydroxyl groups excluding tert-OH is 1. The highest BCUT2D eigenvalue weighted by atomic mass is 19.4. The van der Waals surface area contributed by atoms with Gasteiger partial charge >= 0.3 is 12.4 Å². The summed E-state index contributed by atoms with van der Waals surface area (Å²) in [5.74, 6) is -1.63. The van der Waals surface area contributed by atoms with Gasteiger partial charge < -0.3 is 15.3 Å². The lowest BCUT2D eigenvalue weighted by Gasteiger charge is -2.46. The molecule has 40 heavy (non-hydrogen) atoms. The van der Waals surface area contributed by atoms with Crippen molar-refractivity contribution < 1.29 is 46.1 Å². The lowest BCUT2D eigenvalue weighted by molar-refractivity contribution is -0.374. The Morgan fingerprint density at radius 1 is 1.05 bits per heavy atom. The zero-order chi connectivity index (χ0) is 30.3. The lowest BCUT2D eigenvalue weighted by atomic mass is 9.59. The van der Waals surface area contributed by atoms with Crippen LogP contribution < -0.4 is 0 Å². The Morgan fingerprint density at radius 3 is 2.25 bits per heavy atom. The summed E-state index contributed by atoms with van der Waals surface area (Å²) in [6, 6.07) is 0. The van der Waals surface area contributed by atoms with Crippen LogP contribution in [0.25, 0.3) is 0 Å². The second-order valence-electron chi connectivity index (χ2n) is 13.1. The molecule has 0 amide bonds. The molecule has 0 heterocycles. The maximum atomic E-state index is 14.2. The number of allylic oxidation sites excluding steroid dienone is 4. The van der Waals surface area contributed by atoms with Gasteiger partial charge in [0.05, 0.1) is 11.7 Å². The molecule has 10 heteroatoms. The van der Waals surface area contributed by atoms with Gasteiger partial charge in [-0.1, -0.05) is 37.6 Å². The van der Waals surface area contributed by atoms with Crippen LogP contribution >= 0.6 is 0 Å². The van der Waals surface area contributed by atoms with Crippen LogP contribution in [0.4, 0.5) is 30.7 Å². The van der Waals surface area contributed by atoms with Crippen molar-refractivity contribution in [1.82, 2.24) is 0 Å². The number of aliphatic hydroxyl groups is 3. The van der Waals surface area contributed by atoms with E-state index in [4.69, 9.17) is 0 Å². The topological polar surface area (TPSA) is 60.7 Å². The summed E-state index contributed by atoms with van der Waals surface area (Å²) in [5, 5.41) is 30.2. The SMILES string of the molecule is C=C1/C(=C\C=C2/CCC[C@@]3(C)C2CC[C@@H]3C(CCCC(C)(C)O)CC(O)(C(F)(F)F)C(F)(F)F)CC(O)C[C@@H]1F. The van der Waals surface area contributed by atoms with Gasteiger partial charge in [0.15, 0.2) is 0 Å². The summed E-state index contributed by atoms with van der Waals surface area (Å²) in [6.07, 6.45) is -8.02. The molecule has 0 aromatic rings. The smallest absolute Gasteiger partial charge is 0.393 e. The van der Waals surface area contributed by atoms with Gasteiger partial charge in [-0.25, -0.2) is 4.39 Å². The van der Waals surface area contributed by atoms with Crippen molar-refractivity contribution in [2.24, 2.45) is 23.2 Å². The van der Waals surface area contributed by atoms with Crippen LogP contribution in [0.3, 0.4) is 0 Å². The molecule has 3 N–H and O–H groups in total. The van der Waals surface area contributed by atoms with Crippen molar-refractivity contribution in [3.05, 3.63) is 35.5 Å². The highest BCUT2D eigenvalue weighted by molar-refractivity contribution is 5.38. The summed E-state index contributed by atoms with van der Waals surface area (Å²) < 4.78 is 96.6. The lowest BCUT2D eigenvalue weighted by Crippen LogP contribution is -2.58. The van der Waals surface area contributed by atoms with Crippen molar-refractivity contribution in [2.45, 2.75) is 127 Å². The van der Waals surface area contributed by atoms with Gasteiger partial charge in [-0.05, 0) is 106 Å². The summed E-state index contributed by atoms with van der Waals surface area (Å²) in [7, 11) is 0. The van der Waals surface area contributed by atoms with Crippen LogP contribution in [0.15, 0.2) is 35.5 Å². The quantitative estimate of drug-likeness (QED) is 0.254. The number of hydrogen-bond acceptors (Lipinski definition) is 3. The highest BCUT2D eigenvalue weighted by Crippen LogP contribution is 2.62. The van der Waals surface area contributed by atoms with Crippen molar-refractivity contribution >= 4 is 0 Å². The second kappa shape index (κ2) is 11.7.